The Bertz CT molecular complexity index is 396. The zero-order valence-electron chi connectivity index (χ0n) is 7.91. The van der Waals surface area contributed by atoms with Crippen molar-refractivity contribution in [3.63, 3.8) is 0 Å². The number of ether oxygens (including phenoxy) is 1. The third-order valence-electron chi connectivity index (χ3n) is 2.21. The molecule has 0 aliphatic carbocycles. The minimum atomic E-state index is 0.0187. The molecule has 0 spiro atoms. The Balaban J connectivity index is 2.44. The predicted molar refractivity (Wildman–Crippen MR) is 53.9 cm³/mol. The number of rotatable bonds is 1. The van der Waals surface area contributed by atoms with Crippen LogP contribution in [0.15, 0.2) is 24.4 Å². The summed E-state index contributed by atoms with van der Waals surface area (Å²) < 4.78 is 5.11. The Kier molecular flexibility index (Phi) is 2.23. The van der Waals surface area contributed by atoms with Gasteiger partial charge in [0.05, 0.1) is 13.5 Å². The summed E-state index contributed by atoms with van der Waals surface area (Å²) in [7, 11) is 1.63. The molecule has 1 aromatic rings. The fourth-order valence-corrected chi connectivity index (χ4v) is 1.46. The molecule has 0 fully saturated rings. The van der Waals surface area contributed by atoms with Gasteiger partial charge >= 0.3 is 0 Å². The van der Waals surface area contributed by atoms with E-state index in [1.807, 2.05) is 24.3 Å². The Morgan fingerprint density at radius 1 is 1.43 bits per heavy atom. The first-order chi connectivity index (χ1) is 6.79. The molecule has 1 N–H and O–H groups in total. The van der Waals surface area contributed by atoms with E-state index in [1.165, 1.54) is 0 Å². The van der Waals surface area contributed by atoms with E-state index >= 15 is 0 Å². The second kappa shape index (κ2) is 3.54. The van der Waals surface area contributed by atoms with Crippen LogP contribution >= 0.6 is 0 Å². The smallest absolute Gasteiger partial charge is 0.228 e. The first-order valence-corrected chi connectivity index (χ1v) is 4.42. The largest absolute Gasteiger partial charge is 0.497 e. The molecule has 2 rings (SSSR count). The van der Waals surface area contributed by atoms with Gasteiger partial charge in [-0.25, -0.2) is 0 Å². The van der Waals surface area contributed by atoms with Crippen LogP contribution in [0, 0.1) is 0 Å². The second-order valence-corrected chi connectivity index (χ2v) is 3.14. The molecule has 0 saturated heterocycles. The summed E-state index contributed by atoms with van der Waals surface area (Å²) >= 11 is 0. The van der Waals surface area contributed by atoms with E-state index in [2.05, 4.69) is 5.32 Å². The third kappa shape index (κ3) is 1.62. The van der Waals surface area contributed by atoms with Crippen LogP contribution in [0.2, 0.25) is 0 Å². The molecular weight excluding hydrogens is 178 g/mol. The Hall–Kier alpha value is -1.77. The van der Waals surface area contributed by atoms with Crippen LogP contribution in [0.3, 0.4) is 0 Å². The van der Waals surface area contributed by atoms with Gasteiger partial charge in [0.2, 0.25) is 5.91 Å². The summed E-state index contributed by atoms with van der Waals surface area (Å²) in [6.07, 6.45) is 3.96. The van der Waals surface area contributed by atoms with Gasteiger partial charge in [-0.2, -0.15) is 0 Å². The van der Waals surface area contributed by atoms with E-state index < -0.39 is 0 Å². The number of nitrogens with one attached hydrogen (secondary N) is 1. The lowest BCUT2D eigenvalue weighted by Gasteiger charge is -2.05. The third-order valence-corrected chi connectivity index (χ3v) is 2.21. The van der Waals surface area contributed by atoms with Crippen LogP contribution < -0.4 is 10.1 Å². The standard InChI is InChI=1S/C11H11NO2/c1-14-10-3-2-8-7-11(13)12-5-4-9(8)6-10/h2-6H,7H2,1H3,(H,12,13). The number of amides is 1. The predicted octanol–water partition coefficient (Wildman–Crippen LogP) is 1.34. The van der Waals surface area contributed by atoms with Gasteiger partial charge in [0.15, 0.2) is 0 Å². The average Bonchev–Trinajstić information content (AvgIpc) is 2.37. The molecule has 1 aliphatic rings. The lowest BCUT2D eigenvalue weighted by Crippen LogP contribution is -2.17. The molecule has 3 heteroatoms. The molecular formula is C11H11NO2. The zero-order chi connectivity index (χ0) is 9.97. The maximum atomic E-state index is 11.2. The lowest BCUT2D eigenvalue weighted by molar-refractivity contribution is -0.119. The molecule has 1 aromatic carbocycles. The fourth-order valence-electron chi connectivity index (χ4n) is 1.46. The van der Waals surface area contributed by atoms with Gasteiger partial charge in [0.25, 0.3) is 0 Å². The number of hydrogen-bond donors (Lipinski definition) is 1. The molecule has 14 heavy (non-hydrogen) atoms. The molecule has 0 unspecified atom stereocenters. The van der Waals surface area contributed by atoms with Gasteiger partial charge in [-0.1, -0.05) is 6.07 Å². The van der Waals surface area contributed by atoms with Gasteiger partial charge in [-0.15, -0.1) is 0 Å². The van der Waals surface area contributed by atoms with E-state index in [0.29, 0.717) is 6.42 Å². The highest BCUT2D eigenvalue weighted by Gasteiger charge is 2.09. The van der Waals surface area contributed by atoms with E-state index in [9.17, 15) is 4.79 Å². The normalized spacial score (nSPS) is 14.2. The summed E-state index contributed by atoms with van der Waals surface area (Å²) in [6.45, 7) is 0. The van der Waals surface area contributed by atoms with Crippen molar-refractivity contribution < 1.29 is 9.53 Å². The summed E-state index contributed by atoms with van der Waals surface area (Å²) in [6, 6.07) is 5.71. The molecule has 0 aromatic heterocycles. The SMILES string of the molecule is COc1ccc2c(c1)C=CNC(=O)C2. The van der Waals surface area contributed by atoms with Crippen molar-refractivity contribution in [2.75, 3.05) is 7.11 Å². The van der Waals surface area contributed by atoms with Gasteiger partial charge in [-0.05, 0) is 29.3 Å². The molecule has 3 nitrogen and oxygen atoms in total. The van der Waals surface area contributed by atoms with E-state index in [4.69, 9.17) is 4.74 Å². The van der Waals surface area contributed by atoms with Gasteiger partial charge < -0.3 is 10.1 Å². The van der Waals surface area contributed by atoms with Crippen LogP contribution in [0.4, 0.5) is 0 Å². The first-order valence-electron chi connectivity index (χ1n) is 4.42. The van der Waals surface area contributed by atoms with Crippen LogP contribution in [-0.2, 0) is 11.2 Å². The fraction of sp³-hybridized carbons (Fsp3) is 0.182. The molecule has 0 atom stereocenters. The lowest BCUT2D eigenvalue weighted by atomic mass is 10.0. The zero-order valence-corrected chi connectivity index (χ0v) is 7.91. The average molecular weight is 189 g/mol. The van der Waals surface area contributed by atoms with Gasteiger partial charge in [-0.3, -0.25) is 4.79 Å². The van der Waals surface area contributed by atoms with Gasteiger partial charge in [0.1, 0.15) is 5.75 Å². The molecule has 1 amide bonds. The molecule has 0 saturated carbocycles. The topological polar surface area (TPSA) is 38.3 Å². The highest BCUT2D eigenvalue weighted by Crippen LogP contribution is 2.20. The number of carbonyl (C=O) groups excluding carboxylic acids is 1. The number of hydrogen-bond acceptors (Lipinski definition) is 2. The minimum Gasteiger partial charge on any atom is -0.497 e. The van der Waals surface area contributed by atoms with E-state index in [-0.39, 0.29) is 5.91 Å². The van der Waals surface area contributed by atoms with Crippen LogP contribution in [0.1, 0.15) is 11.1 Å². The summed E-state index contributed by atoms with van der Waals surface area (Å²) in [5.41, 5.74) is 2.06. The van der Waals surface area contributed by atoms with Crippen molar-refractivity contribution in [1.82, 2.24) is 5.32 Å². The Morgan fingerprint density at radius 2 is 2.29 bits per heavy atom. The summed E-state index contributed by atoms with van der Waals surface area (Å²) in [5.74, 6) is 0.827. The summed E-state index contributed by atoms with van der Waals surface area (Å²) in [5, 5.41) is 2.67. The molecule has 0 bridgehead atoms. The van der Waals surface area contributed by atoms with E-state index in [0.717, 1.165) is 16.9 Å². The molecule has 1 heterocycles. The van der Waals surface area contributed by atoms with Gasteiger partial charge in [0, 0.05) is 6.20 Å². The monoisotopic (exact) mass is 189 g/mol. The van der Waals surface area contributed by atoms with E-state index in [1.54, 1.807) is 13.3 Å². The van der Waals surface area contributed by atoms with Crippen molar-refractivity contribution in [1.29, 1.82) is 0 Å². The maximum absolute atomic E-state index is 11.2. The number of benzene rings is 1. The number of methoxy groups -OCH3 is 1. The Labute approximate surface area is 82.4 Å². The van der Waals surface area contributed by atoms with Crippen molar-refractivity contribution in [2.45, 2.75) is 6.42 Å². The highest BCUT2D eigenvalue weighted by molar-refractivity contribution is 5.83. The highest BCUT2D eigenvalue weighted by atomic mass is 16.5. The summed E-state index contributed by atoms with van der Waals surface area (Å²) in [4.78, 5) is 11.2. The minimum absolute atomic E-state index is 0.0187. The van der Waals surface area contributed by atoms with Crippen molar-refractivity contribution in [3.8, 4) is 5.75 Å². The molecule has 0 radical (unpaired) electrons. The number of fused-ring (bicyclic) bond motifs is 1. The Morgan fingerprint density at radius 3 is 3.07 bits per heavy atom. The van der Waals surface area contributed by atoms with Crippen LogP contribution in [0.25, 0.3) is 6.08 Å². The molecule has 1 aliphatic heterocycles. The quantitative estimate of drug-likeness (QED) is 0.724. The van der Waals surface area contributed by atoms with Crippen LogP contribution in [-0.4, -0.2) is 13.0 Å². The van der Waals surface area contributed by atoms with Crippen molar-refractivity contribution in [3.05, 3.63) is 35.5 Å². The first kappa shape index (κ1) is 8.81. The van der Waals surface area contributed by atoms with Crippen LogP contribution in [0.5, 0.6) is 5.75 Å². The van der Waals surface area contributed by atoms with Crippen molar-refractivity contribution >= 4 is 12.0 Å². The number of carbonyl (C=O) groups is 1. The second-order valence-electron chi connectivity index (χ2n) is 3.14. The van der Waals surface area contributed by atoms with Crippen molar-refractivity contribution in [2.24, 2.45) is 0 Å². The maximum Gasteiger partial charge on any atom is 0.228 e. The molecule has 72 valence electrons.